The summed E-state index contributed by atoms with van der Waals surface area (Å²) in [6, 6.07) is -0.888. The van der Waals surface area contributed by atoms with Crippen LogP contribution < -0.4 is 32.5 Å². The van der Waals surface area contributed by atoms with Gasteiger partial charge in [0.1, 0.15) is 17.8 Å². The summed E-state index contributed by atoms with van der Waals surface area (Å²) in [5, 5.41) is 21.0. The zero-order chi connectivity index (χ0) is 32.8. The van der Waals surface area contributed by atoms with Crippen molar-refractivity contribution in [3.8, 4) is 0 Å². The number of piperidine rings is 1. The van der Waals surface area contributed by atoms with Crippen LogP contribution in [-0.4, -0.2) is 114 Å². The molecule has 0 radical (unpaired) electrons. The quantitative estimate of drug-likeness (QED) is 0.142. The first kappa shape index (κ1) is 35.1. The average Bonchev–Trinajstić information content (AvgIpc) is 3.74. The molecule has 6 rings (SSSR count). The van der Waals surface area contributed by atoms with Gasteiger partial charge in [-0.1, -0.05) is 0 Å². The Kier molecular flexibility index (Phi) is 10.9. The maximum Gasteiger partial charge on any atom is 0.244 e. The third kappa shape index (κ3) is 6.97. The van der Waals surface area contributed by atoms with Crippen molar-refractivity contribution in [3.63, 3.8) is 0 Å². The van der Waals surface area contributed by atoms with Crippen molar-refractivity contribution in [3.05, 3.63) is 10.1 Å². The number of hydrazine groups is 1. The molecular weight excluding hydrogens is 642 g/mol. The van der Waals surface area contributed by atoms with Gasteiger partial charge >= 0.3 is 0 Å². The van der Waals surface area contributed by atoms with E-state index < -0.39 is 54.3 Å². The third-order valence-electron chi connectivity index (χ3n) is 11.4. The molecule has 3 saturated heterocycles. The molecule has 3 saturated carbocycles. The number of thioether (sulfide) groups is 1. The maximum atomic E-state index is 16.0. The monoisotopic (exact) mass is 694 g/mol. The summed E-state index contributed by atoms with van der Waals surface area (Å²) in [5.41, 5.74) is 12.4. The number of hydrogen-bond acceptors (Lipinski definition) is 13. The minimum Gasteiger partial charge on any atom is -0.375 e. The summed E-state index contributed by atoms with van der Waals surface area (Å²) < 4.78 is 64.1. The topological polar surface area (TPSA) is 176 Å². The summed E-state index contributed by atoms with van der Waals surface area (Å²) in [6.07, 6.45) is 0.879. The van der Waals surface area contributed by atoms with E-state index in [1.165, 1.54) is 11.8 Å². The van der Waals surface area contributed by atoms with Gasteiger partial charge in [0, 0.05) is 54.8 Å². The van der Waals surface area contributed by atoms with E-state index in [4.69, 9.17) is 10.5 Å². The van der Waals surface area contributed by atoms with Gasteiger partial charge in [0.25, 0.3) is 0 Å². The highest BCUT2D eigenvalue weighted by Gasteiger charge is 2.66. The molecule has 3 aliphatic heterocycles. The van der Waals surface area contributed by atoms with Gasteiger partial charge in [-0.25, -0.2) is 22.6 Å². The van der Waals surface area contributed by atoms with Crippen LogP contribution in [0.25, 0.3) is 0 Å². The number of ether oxygens (including phenoxy) is 1. The molecule has 6 aliphatic rings. The first-order chi connectivity index (χ1) is 21.9. The predicted octanol–water partition coefficient (Wildman–Crippen LogP) is 1.08. The second-order valence-electron chi connectivity index (χ2n) is 14.4. The molecule has 7 N–H and O–H groups in total. The summed E-state index contributed by atoms with van der Waals surface area (Å²) in [5.74, 6) is -0.894. The molecule has 0 aromatic rings. The molecule has 6 fully saturated rings. The normalized spacial score (nSPS) is 44.2. The summed E-state index contributed by atoms with van der Waals surface area (Å²) in [6.45, 7) is 3.75. The van der Waals surface area contributed by atoms with Crippen molar-refractivity contribution in [2.45, 2.75) is 153 Å². The number of halogens is 2. The molecule has 46 heavy (non-hydrogen) atoms. The highest BCUT2D eigenvalue weighted by molar-refractivity contribution is 8.00. The van der Waals surface area contributed by atoms with Crippen molar-refractivity contribution in [2.24, 2.45) is 11.7 Å². The molecule has 17 heteroatoms. The fourth-order valence-corrected chi connectivity index (χ4v) is 12.9. The van der Waals surface area contributed by atoms with E-state index in [1.807, 2.05) is 0 Å². The first-order valence-corrected chi connectivity index (χ1v) is 19.5. The van der Waals surface area contributed by atoms with Crippen molar-refractivity contribution in [1.29, 1.82) is 0 Å². The number of methoxy groups -OCH3 is 1. The van der Waals surface area contributed by atoms with Gasteiger partial charge in [-0.3, -0.25) is 36.4 Å². The Morgan fingerprint density at radius 2 is 1.80 bits per heavy atom. The average molecular weight is 695 g/mol. The number of sulfone groups is 1. The summed E-state index contributed by atoms with van der Waals surface area (Å²) in [4.78, 5) is 13.2. The van der Waals surface area contributed by atoms with Crippen LogP contribution in [-0.2, 0) is 14.6 Å². The largest absolute Gasteiger partial charge is 0.375 e. The van der Waals surface area contributed by atoms with E-state index >= 15 is 8.78 Å². The lowest BCUT2D eigenvalue weighted by atomic mass is 9.81. The smallest absolute Gasteiger partial charge is 0.244 e. The summed E-state index contributed by atoms with van der Waals surface area (Å²) >= 11 is 1.45. The Hall–Kier alpha value is -0.760. The number of nitrogens with zero attached hydrogens (tertiary/aromatic N) is 2. The zero-order valence-electron chi connectivity index (χ0n) is 26.8. The molecule has 3 aliphatic carbocycles. The number of nitro groups is 1. The van der Waals surface area contributed by atoms with Crippen molar-refractivity contribution < 1.29 is 26.9 Å². The molecule has 0 amide bonds. The Morgan fingerprint density at radius 3 is 2.41 bits per heavy atom. The van der Waals surface area contributed by atoms with E-state index in [-0.39, 0.29) is 49.0 Å². The Morgan fingerprint density at radius 1 is 1.07 bits per heavy atom. The van der Waals surface area contributed by atoms with Gasteiger partial charge in [-0.15, -0.1) is 11.8 Å². The van der Waals surface area contributed by atoms with Crippen molar-refractivity contribution >= 4 is 21.6 Å². The molecule has 264 valence electrons. The second-order valence-corrected chi connectivity index (χ2v) is 18.3. The minimum atomic E-state index is -3.89. The predicted molar refractivity (Wildman–Crippen MR) is 172 cm³/mol. The number of hydrogen-bond donors (Lipinski definition) is 6. The molecule has 0 bridgehead atoms. The van der Waals surface area contributed by atoms with Crippen LogP contribution in [0.4, 0.5) is 8.78 Å². The molecule has 0 aromatic heterocycles. The van der Waals surface area contributed by atoms with Crippen LogP contribution in [0, 0.1) is 16.0 Å². The van der Waals surface area contributed by atoms with Crippen LogP contribution >= 0.6 is 11.8 Å². The van der Waals surface area contributed by atoms with E-state index in [0.717, 1.165) is 32.4 Å². The number of nitrogens with one attached hydrogen (secondary N) is 5. The van der Waals surface area contributed by atoms with Crippen LogP contribution in [0.15, 0.2) is 0 Å². The SMILES string of the molecule is COC1C(NC2CC(C)NN2)NC(SC2CCC(S(=O)(=O)C3(C4CCCC([N+](=O)[O-])C4F)CC3)CC2F)NC1N1CCC(N)CC1. The molecule has 13 nitrogen and oxygen atoms in total. The fraction of sp³-hybridized carbons (Fsp3) is 1.00. The van der Waals surface area contributed by atoms with Crippen LogP contribution in [0.5, 0.6) is 0 Å². The summed E-state index contributed by atoms with van der Waals surface area (Å²) in [7, 11) is -2.19. The van der Waals surface area contributed by atoms with Crippen LogP contribution in [0.1, 0.15) is 77.6 Å². The molecule has 12 atom stereocenters. The number of alkyl halides is 2. The lowest BCUT2D eigenvalue weighted by Crippen LogP contribution is -2.75. The Labute approximate surface area is 275 Å². The molecule has 0 aromatic carbocycles. The van der Waals surface area contributed by atoms with Gasteiger partial charge in [-0.05, 0) is 71.1 Å². The van der Waals surface area contributed by atoms with Crippen molar-refractivity contribution in [2.75, 3.05) is 20.2 Å². The van der Waals surface area contributed by atoms with E-state index in [1.54, 1.807) is 7.11 Å². The number of rotatable bonds is 10. The van der Waals surface area contributed by atoms with E-state index in [2.05, 4.69) is 38.6 Å². The molecule has 0 spiro atoms. The minimum absolute atomic E-state index is 0.0161. The lowest BCUT2D eigenvalue weighted by Gasteiger charge is -2.50. The van der Waals surface area contributed by atoms with Gasteiger partial charge < -0.3 is 10.5 Å². The highest BCUT2D eigenvalue weighted by atomic mass is 32.2. The third-order valence-corrected chi connectivity index (χ3v) is 16.0. The first-order valence-electron chi connectivity index (χ1n) is 17.1. The Bertz CT molecular complexity index is 1180. The lowest BCUT2D eigenvalue weighted by molar-refractivity contribution is -0.536. The molecule has 12 unspecified atom stereocenters. The van der Waals surface area contributed by atoms with E-state index in [9.17, 15) is 18.5 Å². The van der Waals surface area contributed by atoms with Gasteiger partial charge in [0.2, 0.25) is 6.04 Å². The van der Waals surface area contributed by atoms with Crippen LogP contribution in [0.2, 0.25) is 0 Å². The standard InChI is InChI=1S/C29H52F2N8O5S2/c1-16-14-23(37-36-16)33-26-25(44-2)27(38-12-8-17(32)9-13-38)35-28(34-26)45-22-7-6-18(15-20(22)30)46(42,43)29(10-11-29)19-4-3-5-21(24(19)31)39(40)41/h16-28,33-37H,3-15,32H2,1-2H3. The van der Waals surface area contributed by atoms with Crippen molar-refractivity contribution in [1.82, 2.24) is 31.7 Å². The number of nitrogens with two attached hydrogens (primary N) is 1. The van der Waals surface area contributed by atoms with Gasteiger partial charge in [0.15, 0.2) is 16.0 Å². The molecule has 3 heterocycles. The zero-order valence-corrected chi connectivity index (χ0v) is 28.4. The fourth-order valence-electron chi connectivity index (χ4n) is 8.67. The Balaban J connectivity index is 1.12. The molecular formula is C29H52F2N8O5S2. The van der Waals surface area contributed by atoms with Gasteiger partial charge in [-0.2, -0.15) is 0 Å². The van der Waals surface area contributed by atoms with Gasteiger partial charge in [0.05, 0.1) is 28.5 Å². The van der Waals surface area contributed by atoms with Crippen LogP contribution in [0.3, 0.4) is 0 Å². The maximum absolute atomic E-state index is 16.0. The van der Waals surface area contributed by atoms with E-state index in [0.29, 0.717) is 44.6 Å². The second kappa shape index (κ2) is 14.2. The number of likely N-dealkylation sites (tertiary alicyclic amines) is 1. The highest BCUT2D eigenvalue weighted by Crippen LogP contribution is 2.57.